The quantitative estimate of drug-likeness (QED) is 0.725. The first-order chi connectivity index (χ1) is 7.30. The first kappa shape index (κ1) is 12.9. The van der Waals surface area contributed by atoms with Gasteiger partial charge in [0.25, 0.3) is 0 Å². The fraction of sp³-hybridized carbons (Fsp3) is 1.00. The molecule has 0 aromatic heterocycles. The minimum atomic E-state index is 0.515. The molecule has 0 spiro atoms. The summed E-state index contributed by atoms with van der Waals surface area (Å²) in [6, 6.07) is 0.647. The zero-order chi connectivity index (χ0) is 11.1. The lowest BCUT2D eigenvalue weighted by Crippen LogP contribution is -2.44. The Kier molecular flexibility index (Phi) is 6.22. The molecule has 3 nitrogen and oxygen atoms in total. The van der Waals surface area contributed by atoms with Crippen LogP contribution in [-0.4, -0.2) is 50.3 Å². The van der Waals surface area contributed by atoms with Crippen molar-refractivity contribution in [2.45, 2.75) is 45.3 Å². The highest BCUT2D eigenvalue weighted by Gasteiger charge is 2.20. The second kappa shape index (κ2) is 7.20. The Balaban J connectivity index is 2.19. The largest absolute Gasteiger partial charge is 0.378 e. The van der Waals surface area contributed by atoms with Gasteiger partial charge >= 0.3 is 0 Å². The summed E-state index contributed by atoms with van der Waals surface area (Å²) in [4.78, 5) is 2.56. The van der Waals surface area contributed by atoms with Gasteiger partial charge in [-0.15, -0.1) is 0 Å². The van der Waals surface area contributed by atoms with E-state index >= 15 is 0 Å². The van der Waals surface area contributed by atoms with E-state index in [9.17, 15) is 0 Å². The van der Waals surface area contributed by atoms with Gasteiger partial charge in [0.1, 0.15) is 0 Å². The second-order valence-corrected chi connectivity index (χ2v) is 4.35. The minimum absolute atomic E-state index is 0.515. The summed E-state index contributed by atoms with van der Waals surface area (Å²) >= 11 is 0. The molecule has 1 aliphatic heterocycles. The lowest BCUT2D eigenvalue weighted by atomic mass is 10.1. The standard InChI is InChI=1S/C12H26N2O/c1-4-11(13-3)10-14-8-6-12(7-9-14)15-5-2/h11-13H,4-10H2,1-3H3. The van der Waals surface area contributed by atoms with E-state index in [1.165, 1.54) is 38.9 Å². The number of hydrogen-bond acceptors (Lipinski definition) is 3. The van der Waals surface area contributed by atoms with Gasteiger partial charge in [-0.2, -0.15) is 0 Å². The molecule has 1 N–H and O–H groups in total. The summed E-state index contributed by atoms with van der Waals surface area (Å²) in [5, 5.41) is 3.36. The Morgan fingerprint density at radius 3 is 2.47 bits per heavy atom. The molecule has 0 radical (unpaired) electrons. The molecule has 1 saturated heterocycles. The molecule has 3 heteroatoms. The van der Waals surface area contributed by atoms with Crippen molar-refractivity contribution in [3.8, 4) is 0 Å². The smallest absolute Gasteiger partial charge is 0.0599 e. The topological polar surface area (TPSA) is 24.5 Å². The molecular formula is C12H26N2O. The van der Waals surface area contributed by atoms with Crippen LogP contribution in [0.2, 0.25) is 0 Å². The molecule has 1 heterocycles. The molecule has 1 atom stereocenters. The van der Waals surface area contributed by atoms with E-state index < -0.39 is 0 Å². The zero-order valence-corrected chi connectivity index (χ0v) is 10.5. The molecule has 1 unspecified atom stereocenters. The van der Waals surface area contributed by atoms with Crippen molar-refractivity contribution in [1.29, 1.82) is 0 Å². The normalized spacial score (nSPS) is 21.8. The summed E-state index contributed by atoms with van der Waals surface area (Å²) < 4.78 is 5.65. The molecule has 15 heavy (non-hydrogen) atoms. The van der Waals surface area contributed by atoms with Crippen molar-refractivity contribution in [1.82, 2.24) is 10.2 Å². The highest BCUT2D eigenvalue weighted by atomic mass is 16.5. The molecule has 1 fully saturated rings. The Morgan fingerprint density at radius 2 is 2.00 bits per heavy atom. The Hall–Kier alpha value is -0.120. The maximum absolute atomic E-state index is 5.65. The minimum Gasteiger partial charge on any atom is -0.378 e. The number of ether oxygens (including phenoxy) is 1. The van der Waals surface area contributed by atoms with Gasteiger partial charge in [0.2, 0.25) is 0 Å². The number of piperidine rings is 1. The van der Waals surface area contributed by atoms with Gasteiger partial charge in [-0.25, -0.2) is 0 Å². The van der Waals surface area contributed by atoms with Gasteiger partial charge in [0, 0.05) is 32.3 Å². The lowest BCUT2D eigenvalue weighted by Gasteiger charge is -2.33. The van der Waals surface area contributed by atoms with Crippen molar-refractivity contribution >= 4 is 0 Å². The number of hydrogen-bond donors (Lipinski definition) is 1. The van der Waals surface area contributed by atoms with E-state index in [-0.39, 0.29) is 0 Å². The zero-order valence-electron chi connectivity index (χ0n) is 10.5. The number of nitrogens with zero attached hydrogens (tertiary/aromatic N) is 1. The third kappa shape index (κ3) is 4.49. The molecule has 0 saturated carbocycles. The van der Waals surface area contributed by atoms with Crippen LogP contribution in [0.15, 0.2) is 0 Å². The number of likely N-dealkylation sites (tertiary alicyclic amines) is 1. The average Bonchev–Trinajstić information content (AvgIpc) is 2.28. The predicted octanol–water partition coefficient (Wildman–Crippen LogP) is 1.49. The van der Waals surface area contributed by atoms with Crippen molar-refractivity contribution in [2.24, 2.45) is 0 Å². The summed E-state index contributed by atoms with van der Waals surface area (Å²) in [5.74, 6) is 0. The summed E-state index contributed by atoms with van der Waals surface area (Å²) in [7, 11) is 2.06. The monoisotopic (exact) mass is 214 g/mol. The first-order valence-corrected chi connectivity index (χ1v) is 6.31. The van der Waals surface area contributed by atoms with Gasteiger partial charge in [0.15, 0.2) is 0 Å². The highest BCUT2D eigenvalue weighted by Crippen LogP contribution is 2.14. The van der Waals surface area contributed by atoms with E-state index in [4.69, 9.17) is 4.74 Å². The number of rotatable bonds is 6. The van der Waals surface area contributed by atoms with E-state index in [2.05, 4.69) is 31.1 Å². The SMILES string of the molecule is CCOC1CCN(CC(CC)NC)CC1. The van der Waals surface area contributed by atoms with Crippen LogP contribution in [0.3, 0.4) is 0 Å². The molecule has 1 rings (SSSR count). The van der Waals surface area contributed by atoms with Crippen LogP contribution in [0.4, 0.5) is 0 Å². The van der Waals surface area contributed by atoms with Crippen LogP contribution in [0.1, 0.15) is 33.1 Å². The Bertz CT molecular complexity index is 152. The third-order valence-electron chi connectivity index (χ3n) is 3.32. The first-order valence-electron chi connectivity index (χ1n) is 6.31. The predicted molar refractivity (Wildman–Crippen MR) is 64.2 cm³/mol. The molecule has 90 valence electrons. The van der Waals surface area contributed by atoms with E-state index in [1.807, 2.05) is 0 Å². The Morgan fingerprint density at radius 1 is 1.33 bits per heavy atom. The van der Waals surface area contributed by atoms with Crippen LogP contribution in [-0.2, 0) is 4.74 Å². The second-order valence-electron chi connectivity index (χ2n) is 4.35. The van der Waals surface area contributed by atoms with Crippen molar-refractivity contribution < 1.29 is 4.74 Å². The number of nitrogens with one attached hydrogen (secondary N) is 1. The van der Waals surface area contributed by atoms with Crippen molar-refractivity contribution in [3.63, 3.8) is 0 Å². The molecule has 0 aromatic carbocycles. The Labute approximate surface area is 94.2 Å². The molecule has 0 aliphatic carbocycles. The van der Waals surface area contributed by atoms with Gasteiger partial charge in [0.05, 0.1) is 6.10 Å². The van der Waals surface area contributed by atoms with Gasteiger partial charge in [-0.05, 0) is 33.2 Å². The van der Waals surface area contributed by atoms with Gasteiger partial charge in [-0.3, -0.25) is 0 Å². The summed E-state index contributed by atoms with van der Waals surface area (Å²) in [6.45, 7) is 8.77. The number of likely N-dealkylation sites (N-methyl/N-ethyl adjacent to an activating group) is 1. The van der Waals surface area contributed by atoms with Crippen LogP contribution in [0.5, 0.6) is 0 Å². The molecule has 1 aliphatic rings. The van der Waals surface area contributed by atoms with Crippen LogP contribution < -0.4 is 5.32 Å². The summed E-state index contributed by atoms with van der Waals surface area (Å²) in [6.07, 6.45) is 4.13. The average molecular weight is 214 g/mol. The molecular weight excluding hydrogens is 188 g/mol. The van der Waals surface area contributed by atoms with E-state index in [0.29, 0.717) is 12.1 Å². The molecule has 0 amide bonds. The summed E-state index contributed by atoms with van der Waals surface area (Å²) in [5.41, 5.74) is 0. The van der Waals surface area contributed by atoms with Crippen LogP contribution >= 0.6 is 0 Å². The maximum Gasteiger partial charge on any atom is 0.0599 e. The van der Waals surface area contributed by atoms with E-state index in [1.54, 1.807) is 0 Å². The fourth-order valence-corrected chi connectivity index (χ4v) is 2.23. The van der Waals surface area contributed by atoms with Crippen molar-refractivity contribution in [3.05, 3.63) is 0 Å². The highest BCUT2D eigenvalue weighted by molar-refractivity contribution is 4.76. The third-order valence-corrected chi connectivity index (χ3v) is 3.32. The van der Waals surface area contributed by atoms with Gasteiger partial charge < -0.3 is 15.0 Å². The van der Waals surface area contributed by atoms with Gasteiger partial charge in [-0.1, -0.05) is 6.92 Å². The molecule has 0 bridgehead atoms. The fourth-order valence-electron chi connectivity index (χ4n) is 2.23. The molecule has 0 aromatic rings. The van der Waals surface area contributed by atoms with Crippen LogP contribution in [0, 0.1) is 0 Å². The van der Waals surface area contributed by atoms with Crippen molar-refractivity contribution in [2.75, 3.05) is 33.3 Å². The lowest BCUT2D eigenvalue weighted by molar-refractivity contribution is 0.0125. The van der Waals surface area contributed by atoms with E-state index in [0.717, 1.165) is 6.61 Å². The van der Waals surface area contributed by atoms with Crippen LogP contribution in [0.25, 0.3) is 0 Å². The maximum atomic E-state index is 5.65.